The highest BCUT2D eigenvalue weighted by molar-refractivity contribution is 8.13. The summed E-state index contributed by atoms with van der Waals surface area (Å²) >= 11 is 5.75. The molecule has 0 aliphatic heterocycles. The van der Waals surface area contributed by atoms with Gasteiger partial charge in [0.1, 0.15) is 4.90 Å². The smallest absolute Gasteiger partial charge is 0.262 e. The predicted molar refractivity (Wildman–Crippen MR) is 78.4 cm³/mol. The number of nitrogens with one attached hydrogen (secondary N) is 1. The zero-order chi connectivity index (χ0) is 15.4. The van der Waals surface area contributed by atoms with Gasteiger partial charge in [-0.25, -0.2) is 16.8 Å². The van der Waals surface area contributed by atoms with Gasteiger partial charge in [0.25, 0.3) is 9.05 Å². The van der Waals surface area contributed by atoms with Crippen LogP contribution in [-0.4, -0.2) is 35.8 Å². The first-order valence-corrected chi connectivity index (χ1v) is 9.82. The Labute approximate surface area is 127 Å². The molecule has 0 aliphatic rings. The van der Waals surface area contributed by atoms with Crippen molar-refractivity contribution in [3.05, 3.63) is 23.2 Å². The maximum Gasteiger partial charge on any atom is 0.262 e. The van der Waals surface area contributed by atoms with Gasteiger partial charge in [0.05, 0.1) is 23.1 Å². The molecule has 1 rings (SSSR count). The molecule has 114 valence electrons. The zero-order valence-electron chi connectivity index (χ0n) is 10.5. The summed E-state index contributed by atoms with van der Waals surface area (Å²) < 4.78 is 52.9. The Morgan fingerprint density at radius 1 is 1.25 bits per heavy atom. The van der Waals surface area contributed by atoms with E-state index in [1.165, 1.54) is 12.1 Å². The van der Waals surface area contributed by atoms with E-state index in [-0.39, 0.29) is 28.0 Å². The number of anilines is 1. The van der Waals surface area contributed by atoms with Crippen LogP contribution in [0.1, 0.15) is 6.92 Å². The largest absolute Gasteiger partial charge is 0.381 e. The lowest BCUT2D eigenvalue weighted by atomic mass is 10.3. The average molecular weight is 362 g/mol. The molecular weight excluding hydrogens is 349 g/mol. The van der Waals surface area contributed by atoms with E-state index in [1.807, 2.05) is 0 Å². The molecule has 1 aromatic rings. The van der Waals surface area contributed by atoms with E-state index in [0.29, 0.717) is 6.61 Å². The van der Waals surface area contributed by atoms with Crippen LogP contribution in [0.15, 0.2) is 23.1 Å². The maximum atomic E-state index is 11.7. The molecule has 0 aliphatic carbocycles. The molecule has 0 bridgehead atoms. The number of sulfonamides is 1. The van der Waals surface area contributed by atoms with Gasteiger partial charge in [0.15, 0.2) is 0 Å². The van der Waals surface area contributed by atoms with Gasteiger partial charge in [-0.05, 0) is 25.1 Å². The molecule has 0 radical (unpaired) electrons. The van der Waals surface area contributed by atoms with Crippen LogP contribution in [0.4, 0.5) is 5.69 Å². The average Bonchev–Trinajstić information content (AvgIpc) is 2.26. The van der Waals surface area contributed by atoms with Crippen LogP contribution in [0.3, 0.4) is 0 Å². The van der Waals surface area contributed by atoms with Gasteiger partial charge in [-0.1, -0.05) is 11.6 Å². The minimum absolute atomic E-state index is 0.0632. The van der Waals surface area contributed by atoms with E-state index in [9.17, 15) is 16.8 Å². The first-order chi connectivity index (χ1) is 9.15. The van der Waals surface area contributed by atoms with Gasteiger partial charge in [-0.2, -0.15) is 0 Å². The molecule has 0 unspecified atom stereocenters. The topological polar surface area (TPSA) is 89.5 Å². The van der Waals surface area contributed by atoms with E-state index in [0.717, 1.165) is 6.07 Å². The molecule has 0 saturated carbocycles. The van der Waals surface area contributed by atoms with Crippen molar-refractivity contribution in [2.24, 2.45) is 0 Å². The van der Waals surface area contributed by atoms with E-state index in [1.54, 1.807) is 6.92 Å². The van der Waals surface area contributed by atoms with Gasteiger partial charge >= 0.3 is 0 Å². The lowest BCUT2D eigenvalue weighted by Crippen LogP contribution is -2.20. The third-order valence-electron chi connectivity index (χ3n) is 2.17. The van der Waals surface area contributed by atoms with Gasteiger partial charge in [-0.15, -0.1) is 0 Å². The maximum absolute atomic E-state index is 11.7. The molecule has 0 fully saturated rings. The Hall–Kier alpha value is -0.540. The Morgan fingerprint density at radius 2 is 1.90 bits per heavy atom. The lowest BCUT2D eigenvalue weighted by molar-refractivity contribution is 0.163. The fourth-order valence-electron chi connectivity index (χ4n) is 1.31. The lowest BCUT2D eigenvalue weighted by Gasteiger charge is -2.09. The number of hydrogen-bond donors (Lipinski definition) is 1. The van der Waals surface area contributed by atoms with Crippen LogP contribution in [-0.2, 0) is 23.8 Å². The second-order valence-corrected chi connectivity index (χ2v) is 8.48. The summed E-state index contributed by atoms with van der Waals surface area (Å²) in [6, 6.07) is 3.57. The minimum atomic E-state index is -3.97. The summed E-state index contributed by atoms with van der Waals surface area (Å²) in [4.78, 5) is -0.280. The Bertz CT molecular complexity index is 673. The third kappa shape index (κ3) is 5.45. The number of ether oxygens (including phenoxy) is 1. The van der Waals surface area contributed by atoms with Crippen LogP contribution in [0.5, 0.6) is 0 Å². The Balaban J connectivity index is 2.87. The van der Waals surface area contributed by atoms with Crippen molar-refractivity contribution in [1.29, 1.82) is 0 Å². The summed E-state index contributed by atoms with van der Waals surface area (Å²) in [6.07, 6.45) is 0. The number of benzene rings is 1. The summed E-state index contributed by atoms with van der Waals surface area (Å²) in [5.41, 5.74) is 0.149. The molecule has 6 nitrogen and oxygen atoms in total. The quantitative estimate of drug-likeness (QED) is 0.592. The first-order valence-electron chi connectivity index (χ1n) is 5.48. The fraction of sp³-hybridized carbons (Fsp3) is 0.400. The van der Waals surface area contributed by atoms with E-state index >= 15 is 0 Å². The van der Waals surface area contributed by atoms with Crippen LogP contribution >= 0.6 is 22.3 Å². The van der Waals surface area contributed by atoms with Gasteiger partial charge < -0.3 is 4.74 Å². The second kappa shape index (κ2) is 6.95. The highest BCUT2D eigenvalue weighted by atomic mass is 35.7. The van der Waals surface area contributed by atoms with Gasteiger partial charge in [-0.3, -0.25) is 4.72 Å². The molecule has 0 saturated heterocycles. The predicted octanol–water partition coefficient (Wildman–Crippen LogP) is 2.05. The fourth-order valence-corrected chi connectivity index (χ4v) is 3.76. The van der Waals surface area contributed by atoms with Crippen molar-refractivity contribution in [2.45, 2.75) is 11.8 Å². The Kier molecular flexibility index (Phi) is 6.08. The van der Waals surface area contributed by atoms with Crippen LogP contribution in [0.2, 0.25) is 5.02 Å². The van der Waals surface area contributed by atoms with Crippen LogP contribution < -0.4 is 4.72 Å². The first kappa shape index (κ1) is 17.5. The molecule has 0 atom stereocenters. The monoisotopic (exact) mass is 361 g/mol. The molecule has 0 aromatic heterocycles. The van der Waals surface area contributed by atoms with Crippen LogP contribution in [0.25, 0.3) is 0 Å². The number of rotatable bonds is 7. The molecule has 20 heavy (non-hydrogen) atoms. The SMILES string of the molecule is CCOCCS(=O)(=O)Nc1ccc(S(=O)(=O)Cl)c(Cl)c1. The van der Waals surface area contributed by atoms with Gasteiger partial charge in [0, 0.05) is 17.3 Å². The van der Waals surface area contributed by atoms with E-state index < -0.39 is 19.1 Å². The van der Waals surface area contributed by atoms with Crippen molar-refractivity contribution >= 4 is 47.0 Å². The van der Waals surface area contributed by atoms with Crippen molar-refractivity contribution in [2.75, 3.05) is 23.7 Å². The van der Waals surface area contributed by atoms with E-state index in [2.05, 4.69) is 4.72 Å². The summed E-state index contributed by atoms with van der Waals surface area (Å²) in [5.74, 6) is -0.214. The van der Waals surface area contributed by atoms with Crippen molar-refractivity contribution in [3.8, 4) is 0 Å². The van der Waals surface area contributed by atoms with E-state index in [4.69, 9.17) is 27.0 Å². The minimum Gasteiger partial charge on any atom is -0.381 e. The van der Waals surface area contributed by atoms with Gasteiger partial charge in [0.2, 0.25) is 10.0 Å². The highest BCUT2D eigenvalue weighted by Crippen LogP contribution is 2.27. The van der Waals surface area contributed by atoms with Crippen molar-refractivity contribution < 1.29 is 21.6 Å². The third-order valence-corrected chi connectivity index (χ3v) is 5.22. The molecule has 0 heterocycles. The normalized spacial score (nSPS) is 12.3. The number of halogens is 2. The molecular formula is C10H13Cl2NO5S2. The Morgan fingerprint density at radius 3 is 2.40 bits per heavy atom. The molecule has 0 amide bonds. The molecule has 1 aromatic carbocycles. The van der Waals surface area contributed by atoms with Crippen LogP contribution in [0, 0.1) is 0 Å². The highest BCUT2D eigenvalue weighted by Gasteiger charge is 2.16. The molecule has 10 heteroatoms. The summed E-state index contributed by atoms with van der Waals surface area (Å²) in [5, 5.41) is -0.162. The second-order valence-electron chi connectivity index (χ2n) is 3.70. The zero-order valence-corrected chi connectivity index (χ0v) is 13.6. The molecule has 0 spiro atoms. The summed E-state index contributed by atoms with van der Waals surface area (Å²) in [7, 11) is -2.39. The van der Waals surface area contributed by atoms with Crippen molar-refractivity contribution in [3.63, 3.8) is 0 Å². The van der Waals surface area contributed by atoms with Crippen molar-refractivity contribution in [1.82, 2.24) is 0 Å². The number of hydrogen-bond acceptors (Lipinski definition) is 5. The standard InChI is InChI=1S/C10H13Cl2NO5S2/c1-2-18-5-6-19(14,15)13-8-3-4-10(9(11)7-8)20(12,16)17/h3-4,7,13H,2,5-6H2,1H3. The summed E-state index contributed by atoms with van der Waals surface area (Å²) in [6.45, 7) is 2.24. The molecule has 1 N–H and O–H groups in total.